The molecule has 0 spiro atoms. The van der Waals surface area contributed by atoms with E-state index in [-0.39, 0.29) is 25.4 Å². The number of β-amino-alcohol motifs (C(OH)–C–C–N with tert-alkyl or cyclic N) is 1. The average Bonchev–Trinajstić information content (AvgIpc) is 3.59. The van der Waals surface area contributed by atoms with Gasteiger partial charge in [-0.25, -0.2) is 0 Å². The lowest BCUT2D eigenvalue weighted by atomic mass is 9.96. The zero-order valence-electron chi connectivity index (χ0n) is 30.6. The molecule has 2 N–H and O–H groups in total. The lowest BCUT2D eigenvalue weighted by molar-refractivity contribution is -0.144. The van der Waals surface area contributed by atoms with Crippen LogP contribution in [-0.2, 0) is 24.6 Å². The van der Waals surface area contributed by atoms with Crippen LogP contribution in [0.15, 0.2) is 67.0 Å². The van der Waals surface area contributed by atoms with Crippen LogP contribution < -0.4 is 14.2 Å². The van der Waals surface area contributed by atoms with E-state index in [9.17, 15) is 20.3 Å². The van der Waals surface area contributed by atoms with E-state index in [4.69, 9.17) is 37.4 Å². The number of pyridine rings is 1. The normalized spacial score (nSPS) is 18.2. The first-order chi connectivity index (χ1) is 26.1. The minimum Gasteiger partial charge on any atom is -0.489 e. The third-order valence-corrected chi connectivity index (χ3v) is 10.9. The van der Waals surface area contributed by atoms with E-state index in [0.717, 1.165) is 72.2 Å². The Morgan fingerprint density at radius 1 is 0.981 bits per heavy atom. The summed E-state index contributed by atoms with van der Waals surface area (Å²) in [7, 11) is 0. The first-order valence-corrected chi connectivity index (χ1v) is 19.2. The molecule has 0 radical (unpaired) electrons. The van der Waals surface area contributed by atoms with Crippen molar-refractivity contribution in [2.24, 2.45) is 0 Å². The molecule has 0 aliphatic carbocycles. The number of aromatic nitrogens is 1. The van der Waals surface area contributed by atoms with Gasteiger partial charge < -0.3 is 29.3 Å². The summed E-state index contributed by atoms with van der Waals surface area (Å²) in [6.07, 6.45) is 6.83. The number of aliphatic carboxylic acids is 1. The molecule has 3 heterocycles. The smallest absolute Gasteiger partial charge is 0.320 e. The third kappa shape index (κ3) is 9.83. The highest BCUT2D eigenvalue weighted by Crippen LogP contribution is 2.39. The van der Waals surface area contributed by atoms with E-state index < -0.39 is 12.0 Å². The van der Waals surface area contributed by atoms with Gasteiger partial charge in [0.25, 0.3) is 0 Å². The zero-order chi connectivity index (χ0) is 38.2. The number of ether oxygens (including phenoxy) is 3. The van der Waals surface area contributed by atoms with Crippen molar-refractivity contribution in [2.45, 2.75) is 84.0 Å². The molecule has 0 bridgehead atoms. The Labute approximate surface area is 326 Å². The minimum absolute atomic E-state index is 0.0563. The maximum Gasteiger partial charge on any atom is 0.320 e. The monoisotopic (exact) mass is 772 g/mol. The number of carboxylic acids is 1. The molecular formula is C42H46Cl2N4O6. The molecule has 10 nitrogen and oxygen atoms in total. The largest absolute Gasteiger partial charge is 0.489 e. The van der Waals surface area contributed by atoms with E-state index in [2.05, 4.69) is 16.0 Å². The molecule has 1 aromatic heterocycles. The molecular weight excluding hydrogens is 727 g/mol. The Balaban J connectivity index is 1.19. The summed E-state index contributed by atoms with van der Waals surface area (Å²) in [6, 6.07) is 18.6. The SMILES string of the molecule is Cc1c(COc2cc(OCc3cncc(C#N)c3)c(CN3CCCCC3C(=O)O)cc2Cl)cccc1-c1cccc(O[C@H](C)CCN2CC[C@@H](O)C2)c1Cl. The molecule has 284 valence electrons. The fourth-order valence-corrected chi connectivity index (χ4v) is 7.68. The van der Waals surface area contributed by atoms with Gasteiger partial charge in [-0.05, 0) is 81.0 Å². The van der Waals surface area contributed by atoms with Gasteiger partial charge in [0.2, 0.25) is 0 Å². The molecule has 0 saturated carbocycles. The summed E-state index contributed by atoms with van der Waals surface area (Å²) in [5.74, 6) is 0.708. The molecule has 4 aromatic rings. The molecule has 6 rings (SSSR count). The number of aliphatic hydroxyl groups excluding tert-OH is 1. The first-order valence-electron chi connectivity index (χ1n) is 18.4. The van der Waals surface area contributed by atoms with E-state index in [1.165, 1.54) is 6.20 Å². The Morgan fingerprint density at radius 2 is 1.78 bits per heavy atom. The predicted molar refractivity (Wildman–Crippen MR) is 208 cm³/mol. The molecule has 2 saturated heterocycles. The molecule has 1 unspecified atom stereocenters. The van der Waals surface area contributed by atoms with Gasteiger partial charge >= 0.3 is 5.97 Å². The summed E-state index contributed by atoms with van der Waals surface area (Å²) in [5.41, 5.74) is 5.64. The topological polar surface area (TPSA) is 128 Å². The average molecular weight is 774 g/mol. The van der Waals surface area contributed by atoms with Crippen LogP contribution in [0.5, 0.6) is 17.2 Å². The number of carbonyl (C=O) groups is 1. The van der Waals surface area contributed by atoms with Gasteiger partial charge in [-0.15, -0.1) is 0 Å². The van der Waals surface area contributed by atoms with Crippen LogP contribution in [0.2, 0.25) is 10.0 Å². The number of aliphatic hydroxyl groups is 1. The Kier molecular flexibility index (Phi) is 13.3. The third-order valence-electron chi connectivity index (χ3n) is 10.2. The van der Waals surface area contributed by atoms with Crippen LogP contribution in [0.4, 0.5) is 0 Å². The molecule has 2 aliphatic rings. The number of halogens is 2. The van der Waals surface area contributed by atoms with Gasteiger partial charge in [-0.3, -0.25) is 14.7 Å². The number of piperidine rings is 1. The van der Waals surface area contributed by atoms with Crippen LogP contribution in [0, 0.1) is 18.3 Å². The summed E-state index contributed by atoms with van der Waals surface area (Å²) in [5, 5.41) is 30.0. The van der Waals surface area contributed by atoms with Crippen LogP contribution in [0.25, 0.3) is 11.1 Å². The van der Waals surface area contributed by atoms with Crippen LogP contribution >= 0.6 is 23.2 Å². The number of hydrogen-bond donors (Lipinski definition) is 2. The molecule has 0 amide bonds. The molecule has 3 aromatic carbocycles. The van der Waals surface area contributed by atoms with Gasteiger partial charge in [0, 0.05) is 61.3 Å². The van der Waals surface area contributed by atoms with Crippen molar-refractivity contribution in [1.29, 1.82) is 5.26 Å². The van der Waals surface area contributed by atoms with Crippen molar-refractivity contribution < 1.29 is 29.2 Å². The molecule has 12 heteroatoms. The van der Waals surface area contributed by atoms with Crippen molar-refractivity contribution in [1.82, 2.24) is 14.8 Å². The highest BCUT2D eigenvalue weighted by molar-refractivity contribution is 6.35. The second-order valence-electron chi connectivity index (χ2n) is 14.1. The lowest BCUT2D eigenvalue weighted by Gasteiger charge is -2.33. The van der Waals surface area contributed by atoms with Crippen molar-refractivity contribution in [3.63, 3.8) is 0 Å². The summed E-state index contributed by atoms with van der Waals surface area (Å²) in [6.45, 7) is 7.89. The summed E-state index contributed by atoms with van der Waals surface area (Å²) < 4.78 is 19.0. The van der Waals surface area contributed by atoms with Gasteiger partial charge in [0.05, 0.1) is 27.8 Å². The van der Waals surface area contributed by atoms with E-state index in [1.54, 1.807) is 24.4 Å². The van der Waals surface area contributed by atoms with Gasteiger partial charge in [-0.1, -0.05) is 60.0 Å². The van der Waals surface area contributed by atoms with Crippen LogP contribution in [-0.4, -0.2) is 75.4 Å². The van der Waals surface area contributed by atoms with Crippen molar-refractivity contribution in [3.8, 4) is 34.4 Å². The summed E-state index contributed by atoms with van der Waals surface area (Å²) >= 11 is 13.8. The van der Waals surface area contributed by atoms with Gasteiger partial charge in [0.15, 0.2) is 0 Å². The fraction of sp³-hybridized carbons (Fsp3) is 0.405. The second kappa shape index (κ2) is 18.3. The van der Waals surface area contributed by atoms with Crippen molar-refractivity contribution in [2.75, 3.05) is 26.2 Å². The van der Waals surface area contributed by atoms with Gasteiger partial charge in [0.1, 0.15) is 42.6 Å². The Bertz CT molecular complexity index is 1990. The molecule has 2 aliphatic heterocycles. The number of likely N-dealkylation sites (tertiary alicyclic amines) is 2. The van der Waals surface area contributed by atoms with E-state index in [0.29, 0.717) is 58.9 Å². The highest BCUT2D eigenvalue weighted by Gasteiger charge is 2.29. The number of nitrogens with zero attached hydrogens (tertiary/aromatic N) is 4. The standard InChI is InChI=1S/C42H46Cl2N4O6/c1-27(12-15-47-16-13-33(49)24-47)54-38-11-6-9-35(41(38)44)34-8-5-7-31(28(34)2)26-53-40-19-39(52-25-30-17-29(20-45)21-46-22-30)32(18-36(40)43)23-48-14-4-3-10-37(48)42(50)51/h5-9,11,17-19,21-22,27,33,37,49H,3-4,10,12-16,23-26H2,1-2H3,(H,50,51)/t27-,33-,37?/m1/s1. The maximum atomic E-state index is 12.1. The number of hydrogen-bond acceptors (Lipinski definition) is 9. The van der Waals surface area contributed by atoms with E-state index in [1.807, 2.05) is 55.1 Å². The number of benzene rings is 3. The first kappa shape index (κ1) is 39.3. The molecule has 54 heavy (non-hydrogen) atoms. The number of rotatable bonds is 15. The quantitative estimate of drug-likeness (QED) is 0.123. The Morgan fingerprint density at radius 3 is 2.56 bits per heavy atom. The molecule has 2 fully saturated rings. The van der Waals surface area contributed by atoms with Crippen molar-refractivity contribution >= 4 is 29.2 Å². The Hall–Kier alpha value is -4.37. The predicted octanol–water partition coefficient (Wildman–Crippen LogP) is 8.06. The van der Waals surface area contributed by atoms with Crippen molar-refractivity contribution in [3.05, 3.63) is 105 Å². The lowest BCUT2D eigenvalue weighted by Crippen LogP contribution is -2.44. The van der Waals surface area contributed by atoms with Gasteiger partial charge in [-0.2, -0.15) is 5.26 Å². The second-order valence-corrected chi connectivity index (χ2v) is 14.9. The van der Waals surface area contributed by atoms with E-state index >= 15 is 0 Å². The molecule has 3 atom stereocenters. The zero-order valence-corrected chi connectivity index (χ0v) is 32.2. The fourth-order valence-electron chi connectivity index (χ4n) is 7.16. The summed E-state index contributed by atoms with van der Waals surface area (Å²) in [4.78, 5) is 20.4. The highest BCUT2D eigenvalue weighted by atomic mass is 35.5. The maximum absolute atomic E-state index is 12.1. The minimum atomic E-state index is -0.842. The van der Waals surface area contributed by atoms with Crippen LogP contribution in [0.1, 0.15) is 66.8 Å². The number of nitriles is 1. The number of carboxylic acid groups (broad SMARTS) is 1. The van der Waals surface area contributed by atoms with Crippen LogP contribution in [0.3, 0.4) is 0 Å².